The van der Waals surface area contributed by atoms with Crippen molar-refractivity contribution in [2.75, 3.05) is 0 Å². The van der Waals surface area contributed by atoms with E-state index in [2.05, 4.69) is 0 Å². The van der Waals surface area contributed by atoms with Crippen molar-refractivity contribution in [3.05, 3.63) is 0 Å². The Morgan fingerprint density at radius 2 is 0.938 bits per heavy atom. The third-order valence-electron chi connectivity index (χ3n) is 4.97. The Morgan fingerprint density at radius 3 is 1.31 bits per heavy atom. The maximum absolute atomic E-state index is 6.31. The smallest absolute Gasteiger partial charge is 0.101 e. The normalized spacial score (nSPS) is 61.1. The maximum Gasteiger partial charge on any atom is 0.125 e. The van der Waals surface area contributed by atoms with Crippen molar-refractivity contribution in [3.8, 4) is 0 Å². The molecule has 0 aromatic carbocycles. The Morgan fingerprint density at radius 1 is 0.562 bits per heavy atom. The Kier molecular flexibility index (Phi) is 2.00. The highest BCUT2D eigenvalue weighted by Gasteiger charge is 2.88. The zero-order valence-corrected chi connectivity index (χ0v) is 12.5. The summed E-state index contributed by atoms with van der Waals surface area (Å²) < 4.78 is -2.04. The Balaban J connectivity index is 1.73. The van der Waals surface area contributed by atoms with Crippen LogP contribution in [0, 0.1) is 35.5 Å². The SMILES string of the molecule is ClC1(Cl)C2CC3C(C4C(C21)C4(Cl)Cl)C3(Cl)Cl. The molecule has 6 heteroatoms. The summed E-state index contributed by atoms with van der Waals surface area (Å²) >= 11 is 37.7. The van der Waals surface area contributed by atoms with Crippen molar-refractivity contribution >= 4 is 69.6 Å². The molecule has 0 nitrogen and oxygen atoms in total. The largest absolute Gasteiger partial charge is 0.125 e. The average molecular weight is 341 g/mol. The van der Waals surface area contributed by atoms with Gasteiger partial charge in [0, 0.05) is 23.7 Å². The molecule has 4 aliphatic carbocycles. The lowest BCUT2D eigenvalue weighted by atomic mass is 10.1. The van der Waals surface area contributed by atoms with Gasteiger partial charge in [0.25, 0.3) is 0 Å². The van der Waals surface area contributed by atoms with Crippen molar-refractivity contribution in [1.29, 1.82) is 0 Å². The van der Waals surface area contributed by atoms with Gasteiger partial charge in [0.05, 0.1) is 0 Å². The molecule has 0 N–H and O–H groups in total. The van der Waals surface area contributed by atoms with Gasteiger partial charge in [0.15, 0.2) is 0 Å². The lowest BCUT2D eigenvalue weighted by molar-refractivity contribution is 0.569. The molecule has 4 rings (SSSR count). The van der Waals surface area contributed by atoms with Crippen LogP contribution in [0.5, 0.6) is 0 Å². The van der Waals surface area contributed by atoms with Crippen LogP contribution in [-0.2, 0) is 0 Å². The van der Waals surface area contributed by atoms with Crippen LogP contribution in [-0.4, -0.2) is 13.0 Å². The summed E-state index contributed by atoms with van der Waals surface area (Å²) in [6, 6.07) is 0. The molecular weight excluding hydrogens is 333 g/mol. The second kappa shape index (κ2) is 2.76. The summed E-state index contributed by atoms with van der Waals surface area (Å²) in [7, 11) is 0. The standard InChI is InChI=1S/C10H8Cl6/c11-8(12)2-1-3-5(9(3,13)14)7-6(4(2)8)10(7,15)16/h2-7H,1H2. The average Bonchev–Trinajstić information content (AvgIpc) is 2.96. The molecular formula is C10H8Cl6. The number of hydrogen-bond acceptors (Lipinski definition) is 0. The highest BCUT2D eigenvalue weighted by atomic mass is 35.5. The predicted molar refractivity (Wildman–Crippen MR) is 68.9 cm³/mol. The van der Waals surface area contributed by atoms with Crippen LogP contribution in [0.3, 0.4) is 0 Å². The summed E-state index contributed by atoms with van der Waals surface area (Å²) in [6.45, 7) is 0. The van der Waals surface area contributed by atoms with Crippen molar-refractivity contribution in [2.45, 2.75) is 19.4 Å². The number of hydrogen-bond donors (Lipinski definition) is 0. The molecule has 4 fully saturated rings. The molecule has 0 spiro atoms. The fourth-order valence-corrected chi connectivity index (χ4v) is 6.75. The van der Waals surface area contributed by atoms with Crippen LogP contribution in [0.15, 0.2) is 0 Å². The molecule has 0 amide bonds. The van der Waals surface area contributed by atoms with Gasteiger partial charge in [0.1, 0.15) is 13.0 Å². The molecule has 4 aliphatic rings. The van der Waals surface area contributed by atoms with Gasteiger partial charge in [0.2, 0.25) is 0 Å². The summed E-state index contributed by atoms with van der Waals surface area (Å²) in [5, 5.41) is 0. The molecule has 6 unspecified atom stereocenters. The third-order valence-corrected chi connectivity index (χ3v) is 8.11. The van der Waals surface area contributed by atoms with E-state index in [1.165, 1.54) is 0 Å². The van der Waals surface area contributed by atoms with Crippen molar-refractivity contribution in [3.63, 3.8) is 0 Å². The van der Waals surface area contributed by atoms with Crippen LogP contribution < -0.4 is 0 Å². The third kappa shape index (κ3) is 1.10. The van der Waals surface area contributed by atoms with Gasteiger partial charge in [-0.25, -0.2) is 0 Å². The van der Waals surface area contributed by atoms with Gasteiger partial charge >= 0.3 is 0 Å². The van der Waals surface area contributed by atoms with Crippen molar-refractivity contribution < 1.29 is 0 Å². The number of halogens is 6. The van der Waals surface area contributed by atoms with Crippen LogP contribution in [0.1, 0.15) is 6.42 Å². The fraction of sp³-hybridized carbons (Fsp3) is 1.00. The first-order chi connectivity index (χ1) is 7.22. The van der Waals surface area contributed by atoms with Gasteiger partial charge in [-0.05, 0) is 18.3 Å². The molecule has 0 aliphatic heterocycles. The zero-order valence-electron chi connectivity index (χ0n) is 7.94. The van der Waals surface area contributed by atoms with Crippen molar-refractivity contribution in [1.82, 2.24) is 0 Å². The zero-order chi connectivity index (χ0) is 11.7. The van der Waals surface area contributed by atoms with E-state index in [0.29, 0.717) is 0 Å². The molecule has 0 radical (unpaired) electrons. The van der Waals surface area contributed by atoms with Crippen molar-refractivity contribution in [2.24, 2.45) is 35.5 Å². The van der Waals surface area contributed by atoms with Gasteiger partial charge in [-0.2, -0.15) is 0 Å². The van der Waals surface area contributed by atoms with Crippen LogP contribution >= 0.6 is 69.6 Å². The molecule has 0 bridgehead atoms. The second-order valence-corrected chi connectivity index (χ2v) is 9.91. The van der Waals surface area contributed by atoms with Crippen LogP contribution in [0.2, 0.25) is 0 Å². The van der Waals surface area contributed by atoms with Gasteiger partial charge in [-0.15, -0.1) is 69.6 Å². The summed E-state index contributed by atoms with van der Waals surface area (Å²) in [5.74, 6) is 1.32. The number of fused-ring (bicyclic) bond motifs is 5. The monoisotopic (exact) mass is 338 g/mol. The topological polar surface area (TPSA) is 0 Å². The van der Waals surface area contributed by atoms with E-state index < -0.39 is 13.0 Å². The lowest BCUT2D eigenvalue weighted by Crippen LogP contribution is -1.98. The van der Waals surface area contributed by atoms with E-state index in [0.717, 1.165) is 6.42 Å². The van der Waals surface area contributed by atoms with E-state index in [4.69, 9.17) is 69.6 Å². The second-order valence-electron chi connectivity index (χ2n) is 5.58. The van der Waals surface area contributed by atoms with Gasteiger partial charge in [-0.3, -0.25) is 0 Å². The van der Waals surface area contributed by atoms with Crippen LogP contribution in [0.25, 0.3) is 0 Å². The summed E-state index contributed by atoms with van der Waals surface area (Å²) in [6.07, 6.45) is 0.909. The molecule has 0 aromatic rings. The maximum atomic E-state index is 6.31. The summed E-state index contributed by atoms with van der Waals surface area (Å²) in [4.78, 5) is 0. The molecule has 0 heterocycles. The predicted octanol–water partition coefficient (Wildman–Crippen LogP) is 4.65. The minimum atomic E-state index is -0.719. The molecule has 6 atom stereocenters. The Labute approximate surface area is 124 Å². The molecule has 90 valence electrons. The first-order valence-electron chi connectivity index (χ1n) is 5.35. The van der Waals surface area contributed by atoms with E-state index >= 15 is 0 Å². The highest BCUT2D eigenvalue weighted by molar-refractivity contribution is 6.55. The van der Waals surface area contributed by atoms with E-state index in [1.807, 2.05) is 0 Å². The molecule has 0 saturated heterocycles. The van der Waals surface area contributed by atoms with Gasteiger partial charge in [-0.1, -0.05) is 0 Å². The van der Waals surface area contributed by atoms with Gasteiger partial charge < -0.3 is 0 Å². The molecule has 0 aromatic heterocycles. The molecule has 4 saturated carbocycles. The Hall–Kier alpha value is 1.74. The lowest BCUT2D eigenvalue weighted by Gasteiger charge is -1.99. The number of alkyl halides is 6. The van der Waals surface area contributed by atoms with E-state index in [1.54, 1.807) is 0 Å². The highest BCUT2D eigenvalue weighted by Crippen LogP contribution is 2.87. The minimum Gasteiger partial charge on any atom is -0.101 e. The first kappa shape index (κ1) is 11.6. The molecule has 16 heavy (non-hydrogen) atoms. The first-order valence-corrected chi connectivity index (χ1v) is 7.62. The summed E-state index contributed by atoms with van der Waals surface area (Å²) in [5.41, 5.74) is 0. The minimum absolute atomic E-state index is 0.171. The quantitative estimate of drug-likeness (QED) is 0.563. The number of rotatable bonds is 0. The van der Waals surface area contributed by atoms with Crippen LogP contribution in [0.4, 0.5) is 0 Å². The fourth-order valence-electron chi connectivity index (χ4n) is 3.99. The van der Waals surface area contributed by atoms with E-state index in [9.17, 15) is 0 Å². The Bertz CT molecular complexity index is 355. The van der Waals surface area contributed by atoms with E-state index in [-0.39, 0.29) is 35.5 Å².